The average molecular weight is 196 g/mol. The molecule has 0 heterocycles. The van der Waals surface area contributed by atoms with Gasteiger partial charge in [0.05, 0.1) is 7.11 Å². The molecule has 0 saturated heterocycles. The van der Waals surface area contributed by atoms with Gasteiger partial charge in [-0.2, -0.15) is 0 Å². The van der Waals surface area contributed by atoms with Gasteiger partial charge in [0.25, 0.3) is 6.47 Å². The summed E-state index contributed by atoms with van der Waals surface area (Å²) in [5.74, 6) is 0.910. The van der Waals surface area contributed by atoms with Crippen molar-refractivity contribution in [2.24, 2.45) is 0 Å². The molecule has 1 N–H and O–H groups in total. The van der Waals surface area contributed by atoms with Gasteiger partial charge >= 0.3 is 0 Å². The van der Waals surface area contributed by atoms with E-state index in [1.165, 1.54) is 19.3 Å². The third-order valence-electron chi connectivity index (χ3n) is 1.33. The van der Waals surface area contributed by atoms with Gasteiger partial charge in [0.1, 0.15) is 5.75 Å². The highest BCUT2D eigenvalue weighted by atomic mass is 16.5. The molecule has 0 bridgehead atoms. The number of methoxy groups -OCH3 is 1. The van der Waals surface area contributed by atoms with Crippen molar-refractivity contribution < 1.29 is 14.6 Å². The van der Waals surface area contributed by atoms with Gasteiger partial charge in [-0.15, -0.1) is 0 Å². The van der Waals surface area contributed by atoms with Crippen molar-refractivity contribution in [3.8, 4) is 5.75 Å². The minimum Gasteiger partial charge on any atom is -0.497 e. The first kappa shape index (κ1) is 12.5. The second-order valence-corrected chi connectivity index (χ2v) is 2.68. The van der Waals surface area contributed by atoms with Crippen molar-refractivity contribution >= 4 is 6.47 Å². The maximum absolute atomic E-state index is 8.36. The first-order valence-corrected chi connectivity index (χ1v) is 4.52. The molecule has 78 valence electrons. The van der Waals surface area contributed by atoms with Crippen molar-refractivity contribution in [2.75, 3.05) is 7.11 Å². The monoisotopic (exact) mass is 196 g/mol. The summed E-state index contributed by atoms with van der Waals surface area (Å²) in [6, 6.07) is 9.68. The molecule has 0 spiro atoms. The fourth-order valence-corrected chi connectivity index (χ4v) is 0.557. The number of carboxylic acid groups (broad SMARTS) is 1. The van der Waals surface area contributed by atoms with Gasteiger partial charge < -0.3 is 9.84 Å². The van der Waals surface area contributed by atoms with Gasteiger partial charge in [-0.1, -0.05) is 37.5 Å². The first-order chi connectivity index (χ1) is 6.85. The van der Waals surface area contributed by atoms with Crippen LogP contribution in [0, 0.1) is 0 Å². The number of para-hydroxylation sites is 1. The Bertz CT molecular complexity index is 216. The topological polar surface area (TPSA) is 46.5 Å². The summed E-state index contributed by atoms with van der Waals surface area (Å²) in [5.41, 5.74) is 0. The lowest BCUT2D eigenvalue weighted by Gasteiger charge is -1.93. The van der Waals surface area contributed by atoms with Crippen molar-refractivity contribution in [1.29, 1.82) is 0 Å². The Morgan fingerprint density at radius 3 is 1.86 bits per heavy atom. The van der Waals surface area contributed by atoms with Gasteiger partial charge in [-0.05, 0) is 12.1 Å². The molecule has 0 unspecified atom stereocenters. The molecule has 1 aliphatic carbocycles. The van der Waals surface area contributed by atoms with Crippen LogP contribution in [-0.4, -0.2) is 18.7 Å². The van der Waals surface area contributed by atoms with E-state index in [0.29, 0.717) is 0 Å². The highest BCUT2D eigenvalue weighted by Gasteiger charge is 1.95. The molecule has 1 aromatic rings. The highest BCUT2D eigenvalue weighted by Crippen LogP contribution is 2.14. The van der Waals surface area contributed by atoms with E-state index in [1.807, 2.05) is 30.3 Å². The third kappa shape index (κ3) is 10.5. The van der Waals surface area contributed by atoms with E-state index in [9.17, 15) is 0 Å². The Hall–Kier alpha value is -1.51. The molecule has 1 fully saturated rings. The first-order valence-electron chi connectivity index (χ1n) is 4.52. The zero-order valence-corrected chi connectivity index (χ0v) is 8.35. The van der Waals surface area contributed by atoms with Crippen molar-refractivity contribution in [3.63, 3.8) is 0 Å². The van der Waals surface area contributed by atoms with E-state index in [0.717, 1.165) is 5.75 Å². The quantitative estimate of drug-likeness (QED) is 0.702. The summed E-state index contributed by atoms with van der Waals surface area (Å²) < 4.78 is 4.91. The molecule has 1 aromatic carbocycles. The van der Waals surface area contributed by atoms with Gasteiger partial charge in [0, 0.05) is 0 Å². The minimum absolute atomic E-state index is 0.250. The fraction of sp³-hybridized carbons (Fsp3) is 0.364. The van der Waals surface area contributed by atoms with Crippen LogP contribution in [0.5, 0.6) is 5.75 Å². The fourth-order valence-electron chi connectivity index (χ4n) is 0.557. The van der Waals surface area contributed by atoms with Crippen LogP contribution < -0.4 is 4.74 Å². The Kier molecular flexibility index (Phi) is 8.54. The summed E-state index contributed by atoms with van der Waals surface area (Å²) in [5, 5.41) is 6.89. The van der Waals surface area contributed by atoms with Crippen LogP contribution in [0.1, 0.15) is 19.3 Å². The molecule has 0 aromatic heterocycles. The lowest BCUT2D eigenvalue weighted by Crippen LogP contribution is -1.78. The summed E-state index contributed by atoms with van der Waals surface area (Å²) in [4.78, 5) is 8.36. The highest BCUT2D eigenvalue weighted by molar-refractivity contribution is 5.32. The molecule has 2 rings (SSSR count). The summed E-state index contributed by atoms with van der Waals surface area (Å²) in [7, 11) is 1.66. The average Bonchev–Trinajstić information content (AvgIpc) is 3.07. The van der Waals surface area contributed by atoms with Crippen molar-refractivity contribution in [3.05, 3.63) is 30.3 Å². The molecule has 0 radical (unpaired) electrons. The van der Waals surface area contributed by atoms with Gasteiger partial charge in [0.2, 0.25) is 0 Å². The van der Waals surface area contributed by atoms with Gasteiger partial charge in [-0.25, -0.2) is 0 Å². The van der Waals surface area contributed by atoms with E-state index in [-0.39, 0.29) is 6.47 Å². The van der Waals surface area contributed by atoms with Crippen LogP contribution in [0.2, 0.25) is 0 Å². The third-order valence-corrected chi connectivity index (χ3v) is 1.33. The SMILES string of the molecule is C1CC1.COc1ccccc1.O=CO. The predicted octanol–water partition coefficient (Wildman–Crippen LogP) is 2.57. The Labute approximate surface area is 84.3 Å². The molecule has 0 aliphatic heterocycles. The largest absolute Gasteiger partial charge is 0.497 e. The van der Waals surface area contributed by atoms with Crippen LogP contribution in [0.4, 0.5) is 0 Å². The lowest BCUT2D eigenvalue weighted by molar-refractivity contribution is -0.122. The number of benzene rings is 1. The van der Waals surface area contributed by atoms with Gasteiger partial charge in [-0.3, -0.25) is 4.79 Å². The van der Waals surface area contributed by atoms with Crippen LogP contribution >= 0.6 is 0 Å². The molecule has 0 amide bonds. The number of rotatable bonds is 1. The Morgan fingerprint density at radius 1 is 1.21 bits per heavy atom. The lowest BCUT2D eigenvalue weighted by atomic mass is 10.3. The summed E-state index contributed by atoms with van der Waals surface area (Å²) in [6.07, 6.45) is 4.50. The maximum Gasteiger partial charge on any atom is 0.290 e. The standard InChI is InChI=1S/C7H8O.C3H6.CH2O2/c1-8-7-5-3-2-4-6-7;1-2-3-1;2-1-3/h2-6H,1H3;1-3H2;1H,(H,2,3). The Morgan fingerprint density at radius 2 is 1.64 bits per heavy atom. The smallest absolute Gasteiger partial charge is 0.290 e. The zero-order chi connectivity index (χ0) is 10.6. The van der Waals surface area contributed by atoms with Gasteiger partial charge in [0.15, 0.2) is 0 Å². The number of carbonyl (C=O) groups is 1. The second kappa shape index (κ2) is 9.58. The number of hydrogen-bond donors (Lipinski definition) is 1. The van der Waals surface area contributed by atoms with E-state index >= 15 is 0 Å². The molecule has 3 heteroatoms. The maximum atomic E-state index is 8.36. The molecular formula is C11H16O3. The van der Waals surface area contributed by atoms with Crippen LogP contribution in [-0.2, 0) is 4.79 Å². The summed E-state index contributed by atoms with van der Waals surface area (Å²) in [6.45, 7) is -0.250. The molecule has 3 nitrogen and oxygen atoms in total. The zero-order valence-electron chi connectivity index (χ0n) is 8.35. The Balaban J connectivity index is 0.000000232. The molecule has 14 heavy (non-hydrogen) atoms. The second-order valence-electron chi connectivity index (χ2n) is 2.68. The van der Waals surface area contributed by atoms with Crippen molar-refractivity contribution in [2.45, 2.75) is 19.3 Å². The normalized spacial score (nSPS) is 10.9. The predicted molar refractivity (Wildman–Crippen MR) is 55.5 cm³/mol. The van der Waals surface area contributed by atoms with E-state index in [4.69, 9.17) is 14.6 Å². The van der Waals surface area contributed by atoms with Crippen LogP contribution in [0.3, 0.4) is 0 Å². The van der Waals surface area contributed by atoms with E-state index in [1.54, 1.807) is 7.11 Å². The molecular weight excluding hydrogens is 180 g/mol. The molecule has 0 atom stereocenters. The molecule has 1 saturated carbocycles. The van der Waals surface area contributed by atoms with Crippen LogP contribution in [0.25, 0.3) is 0 Å². The van der Waals surface area contributed by atoms with E-state index < -0.39 is 0 Å². The molecule has 1 aliphatic rings. The van der Waals surface area contributed by atoms with E-state index in [2.05, 4.69) is 0 Å². The van der Waals surface area contributed by atoms with Crippen LogP contribution in [0.15, 0.2) is 30.3 Å². The minimum atomic E-state index is -0.250. The number of ether oxygens (including phenoxy) is 1. The van der Waals surface area contributed by atoms with Crippen molar-refractivity contribution in [1.82, 2.24) is 0 Å². The number of hydrogen-bond acceptors (Lipinski definition) is 2. The summed E-state index contributed by atoms with van der Waals surface area (Å²) >= 11 is 0.